The van der Waals surface area contributed by atoms with E-state index < -0.39 is 0 Å². The van der Waals surface area contributed by atoms with Crippen LogP contribution in [0.25, 0.3) is 10.2 Å². The Balaban J connectivity index is 1.46. The van der Waals surface area contributed by atoms with Gasteiger partial charge in [-0.15, -0.1) is 0 Å². The van der Waals surface area contributed by atoms with Crippen LogP contribution < -0.4 is 10.6 Å². The quantitative estimate of drug-likeness (QED) is 0.720. The predicted octanol–water partition coefficient (Wildman–Crippen LogP) is 3.99. The Labute approximate surface area is 161 Å². The lowest BCUT2D eigenvalue weighted by molar-refractivity contribution is -0.121. The first-order valence-corrected chi connectivity index (χ1v) is 9.94. The molecule has 2 aromatic carbocycles. The standard InChI is InChI=1S/C21H21N3O2S/c1-13(25)22-21-24-18-10-9-14(11-19(18)27-21)12-20(26)23-17-8-4-6-15-5-2-3-7-16(15)17/h2-3,5,7,9-11,17H,4,6,8,12H2,1H3,(H,23,26)(H,22,24,25)/t17-/m1/s1. The number of hydrogen-bond donors (Lipinski definition) is 2. The summed E-state index contributed by atoms with van der Waals surface area (Å²) in [4.78, 5) is 28.2. The Morgan fingerprint density at radius 3 is 2.93 bits per heavy atom. The normalized spacial score (nSPS) is 16.0. The van der Waals surface area contributed by atoms with Gasteiger partial charge < -0.3 is 10.6 Å². The molecule has 3 aromatic rings. The fourth-order valence-corrected chi connectivity index (χ4v) is 4.59. The second-order valence-electron chi connectivity index (χ2n) is 6.89. The topological polar surface area (TPSA) is 71.1 Å². The Morgan fingerprint density at radius 2 is 2.07 bits per heavy atom. The van der Waals surface area contributed by atoms with Crippen molar-refractivity contribution < 1.29 is 9.59 Å². The van der Waals surface area contributed by atoms with Crippen molar-refractivity contribution >= 4 is 38.5 Å². The van der Waals surface area contributed by atoms with E-state index in [2.05, 4.69) is 33.8 Å². The van der Waals surface area contributed by atoms with E-state index in [0.717, 1.165) is 35.0 Å². The minimum absolute atomic E-state index is 0.0302. The van der Waals surface area contributed by atoms with Gasteiger partial charge in [0.1, 0.15) is 0 Å². The summed E-state index contributed by atoms with van der Waals surface area (Å²) in [5, 5.41) is 6.48. The van der Waals surface area contributed by atoms with Crippen molar-refractivity contribution in [3.05, 3.63) is 59.2 Å². The highest BCUT2D eigenvalue weighted by atomic mass is 32.1. The lowest BCUT2D eigenvalue weighted by atomic mass is 9.87. The van der Waals surface area contributed by atoms with Crippen LogP contribution in [0.15, 0.2) is 42.5 Å². The number of hydrogen-bond acceptors (Lipinski definition) is 4. The number of nitrogens with one attached hydrogen (secondary N) is 2. The van der Waals surface area contributed by atoms with E-state index in [-0.39, 0.29) is 17.9 Å². The molecular weight excluding hydrogens is 358 g/mol. The highest BCUT2D eigenvalue weighted by molar-refractivity contribution is 7.22. The minimum atomic E-state index is -0.138. The van der Waals surface area contributed by atoms with Crippen molar-refractivity contribution in [3.63, 3.8) is 0 Å². The summed E-state index contributed by atoms with van der Waals surface area (Å²) in [7, 11) is 0. The molecule has 0 spiro atoms. The van der Waals surface area contributed by atoms with Gasteiger partial charge in [0, 0.05) is 6.92 Å². The van der Waals surface area contributed by atoms with Crippen LogP contribution in [0.5, 0.6) is 0 Å². The fraction of sp³-hybridized carbons (Fsp3) is 0.286. The van der Waals surface area contributed by atoms with E-state index in [4.69, 9.17) is 0 Å². The van der Waals surface area contributed by atoms with Gasteiger partial charge in [0.2, 0.25) is 11.8 Å². The van der Waals surface area contributed by atoms with Crippen LogP contribution in [0.4, 0.5) is 5.13 Å². The van der Waals surface area contributed by atoms with Crippen LogP contribution in [0.3, 0.4) is 0 Å². The Hall–Kier alpha value is -2.73. The molecule has 6 heteroatoms. The second kappa shape index (κ2) is 7.48. The molecule has 2 amide bonds. The van der Waals surface area contributed by atoms with Gasteiger partial charge in [-0.05, 0) is 48.1 Å². The van der Waals surface area contributed by atoms with Gasteiger partial charge in [0.05, 0.1) is 22.7 Å². The average molecular weight is 379 g/mol. The van der Waals surface area contributed by atoms with Gasteiger partial charge >= 0.3 is 0 Å². The summed E-state index contributed by atoms with van der Waals surface area (Å²) in [6.45, 7) is 1.46. The molecule has 1 aliphatic rings. The predicted molar refractivity (Wildman–Crippen MR) is 108 cm³/mol. The number of rotatable bonds is 4. The van der Waals surface area contributed by atoms with E-state index in [0.29, 0.717) is 11.6 Å². The van der Waals surface area contributed by atoms with Crippen LogP contribution >= 0.6 is 11.3 Å². The maximum absolute atomic E-state index is 12.6. The molecule has 0 saturated carbocycles. The summed E-state index contributed by atoms with van der Waals surface area (Å²) < 4.78 is 0.965. The van der Waals surface area contributed by atoms with E-state index in [9.17, 15) is 9.59 Å². The van der Waals surface area contributed by atoms with Gasteiger partial charge in [-0.1, -0.05) is 41.7 Å². The molecule has 1 aromatic heterocycles. The molecule has 1 atom stereocenters. The molecule has 0 unspecified atom stereocenters. The number of amides is 2. The third-order valence-corrected chi connectivity index (χ3v) is 5.74. The highest BCUT2D eigenvalue weighted by Gasteiger charge is 2.21. The molecule has 0 radical (unpaired) electrons. The Kier molecular flexibility index (Phi) is 4.90. The van der Waals surface area contributed by atoms with Crippen molar-refractivity contribution in [2.75, 3.05) is 5.32 Å². The molecule has 1 heterocycles. The third kappa shape index (κ3) is 4.01. The molecule has 4 rings (SSSR count). The minimum Gasteiger partial charge on any atom is -0.349 e. The van der Waals surface area contributed by atoms with Crippen LogP contribution in [0.1, 0.15) is 42.5 Å². The van der Waals surface area contributed by atoms with Crippen molar-refractivity contribution in [2.45, 2.75) is 38.6 Å². The number of nitrogens with zero attached hydrogens (tertiary/aromatic N) is 1. The maximum Gasteiger partial charge on any atom is 0.224 e. The molecule has 0 bridgehead atoms. The van der Waals surface area contributed by atoms with Crippen LogP contribution in [0, 0.1) is 0 Å². The maximum atomic E-state index is 12.6. The summed E-state index contributed by atoms with van der Waals surface area (Å²) in [5.74, 6) is -0.107. The summed E-state index contributed by atoms with van der Waals surface area (Å²) >= 11 is 1.42. The van der Waals surface area contributed by atoms with Gasteiger partial charge in [-0.25, -0.2) is 4.98 Å². The Bertz CT molecular complexity index is 1010. The SMILES string of the molecule is CC(=O)Nc1nc2ccc(CC(=O)N[C@@H]3CCCc4ccccc43)cc2s1. The average Bonchev–Trinajstić information content (AvgIpc) is 3.02. The lowest BCUT2D eigenvalue weighted by Crippen LogP contribution is -2.32. The van der Waals surface area contributed by atoms with Crippen molar-refractivity contribution in [2.24, 2.45) is 0 Å². The van der Waals surface area contributed by atoms with Crippen molar-refractivity contribution in [1.82, 2.24) is 10.3 Å². The van der Waals surface area contributed by atoms with E-state index in [1.807, 2.05) is 24.3 Å². The number of benzene rings is 2. The van der Waals surface area contributed by atoms with Crippen LogP contribution in [-0.4, -0.2) is 16.8 Å². The molecule has 138 valence electrons. The van der Waals surface area contributed by atoms with Gasteiger partial charge in [-0.3, -0.25) is 9.59 Å². The molecule has 0 fully saturated rings. The van der Waals surface area contributed by atoms with Gasteiger partial charge in [0.25, 0.3) is 0 Å². The first-order valence-electron chi connectivity index (χ1n) is 9.13. The van der Waals surface area contributed by atoms with Crippen LogP contribution in [-0.2, 0) is 22.4 Å². The number of fused-ring (bicyclic) bond motifs is 2. The second-order valence-corrected chi connectivity index (χ2v) is 7.92. The zero-order valence-electron chi connectivity index (χ0n) is 15.1. The molecule has 5 nitrogen and oxygen atoms in total. The number of anilines is 1. The number of carbonyl (C=O) groups excluding carboxylic acids is 2. The first kappa shape index (κ1) is 17.7. The van der Waals surface area contributed by atoms with E-state index >= 15 is 0 Å². The van der Waals surface area contributed by atoms with Crippen molar-refractivity contribution in [1.29, 1.82) is 0 Å². The summed E-state index contributed by atoms with van der Waals surface area (Å²) in [6.07, 6.45) is 3.50. The van der Waals surface area contributed by atoms with Crippen LogP contribution in [0.2, 0.25) is 0 Å². The largest absolute Gasteiger partial charge is 0.349 e. The molecule has 27 heavy (non-hydrogen) atoms. The third-order valence-electron chi connectivity index (χ3n) is 4.81. The number of thiazole rings is 1. The molecular formula is C21H21N3O2S. The fourth-order valence-electron chi connectivity index (χ4n) is 3.62. The zero-order chi connectivity index (χ0) is 18.8. The van der Waals surface area contributed by atoms with E-state index in [1.165, 1.54) is 29.4 Å². The van der Waals surface area contributed by atoms with Crippen molar-refractivity contribution in [3.8, 4) is 0 Å². The summed E-state index contributed by atoms with van der Waals surface area (Å²) in [6, 6.07) is 14.3. The first-order chi connectivity index (χ1) is 13.1. The monoisotopic (exact) mass is 379 g/mol. The smallest absolute Gasteiger partial charge is 0.224 e. The number of aromatic nitrogens is 1. The molecule has 0 aliphatic heterocycles. The number of carbonyl (C=O) groups is 2. The molecule has 0 saturated heterocycles. The Morgan fingerprint density at radius 1 is 1.22 bits per heavy atom. The van der Waals surface area contributed by atoms with E-state index in [1.54, 1.807) is 0 Å². The summed E-state index contributed by atoms with van der Waals surface area (Å²) in [5.41, 5.74) is 4.36. The van der Waals surface area contributed by atoms with Gasteiger partial charge in [-0.2, -0.15) is 0 Å². The molecule has 1 aliphatic carbocycles. The number of aryl methyl sites for hydroxylation is 1. The highest BCUT2D eigenvalue weighted by Crippen LogP contribution is 2.30. The lowest BCUT2D eigenvalue weighted by Gasteiger charge is -2.26. The molecule has 2 N–H and O–H groups in total. The zero-order valence-corrected chi connectivity index (χ0v) is 15.9. The van der Waals surface area contributed by atoms with Gasteiger partial charge in [0.15, 0.2) is 5.13 Å².